The molecule has 1 unspecified atom stereocenters. The predicted molar refractivity (Wildman–Crippen MR) is 77.3 cm³/mol. The van der Waals surface area contributed by atoms with E-state index in [4.69, 9.17) is 5.11 Å². The Morgan fingerprint density at radius 3 is 2.62 bits per heavy atom. The Bertz CT molecular complexity index is 494. The van der Waals surface area contributed by atoms with E-state index < -0.39 is 0 Å². The van der Waals surface area contributed by atoms with E-state index in [9.17, 15) is 4.79 Å². The summed E-state index contributed by atoms with van der Waals surface area (Å²) in [6.45, 7) is 2.91. The summed E-state index contributed by atoms with van der Waals surface area (Å²) < 4.78 is 0. The fourth-order valence-corrected chi connectivity index (χ4v) is 3.72. The lowest BCUT2D eigenvalue weighted by atomic mass is 9.85. The molecule has 1 aromatic heterocycles. The minimum atomic E-state index is -0.372. The van der Waals surface area contributed by atoms with Gasteiger partial charge in [-0.25, -0.2) is 9.97 Å². The van der Waals surface area contributed by atoms with Gasteiger partial charge in [-0.3, -0.25) is 9.69 Å². The molecule has 21 heavy (non-hydrogen) atoms. The first kappa shape index (κ1) is 14.4. The van der Waals surface area contributed by atoms with Crippen molar-refractivity contribution in [1.29, 1.82) is 0 Å². The minimum Gasteiger partial charge on any atom is -0.395 e. The minimum absolute atomic E-state index is 0.0361. The first-order valence-electron chi connectivity index (χ1n) is 7.65. The van der Waals surface area contributed by atoms with E-state index in [-0.39, 0.29) is 18.1 Å². The number of aliphatic hydroxyl groups excluding tert-OH is 1. The summed E-state index contributed by atoms with van der Waals surface area (Å²) in [6, 6.07) is 0. The molecule has 1 spiro atoms. The number of amides is 1. The number of nitrogens with zero attached hydrogens (tertiary/aromatic N) is 4. The topological polar surface area (TPSA) is 69.6 Å². The normalized spacial score (nSPS) is 26.7. The van der Waals surface area contributed by atoms with Crippen LogP contribution in [0.1, 0.15) is 31.2 Å². The maximum Gasteiger partial charge on any atom is 0.243 e. The lowest BCUT2D eigenvalue weighted by molar-refractivity contribution is -0.148. The van der Waals surface area contributed by atoms with Crippen LogP contribution in [-0.4, -0.2) is 62.6 Å². The highest BCUT2D eigenvalue weighted by Crippen LogP contribution is 2.38. The van der Waals surface area contributed by atoms with E-state index in [0.29, 0.717) is 6.54 Å². The van der Waals surface area contributed by atoms with Crippen LogP contribution >= 0.6 is 0 Å². The van der Waals surface area contributed by atoms with Gasteiger partial charge < -0.3 is 10.0 Å². The number of likely N-dealkylation sites (tertiary alicyclic amines) is 2. The SMILES string of the molecule is O=C1N(CCO)CCCC12CCCN2Cc1cncnc1. The summed E-state index contributed by atoms with van der Waals surface area (Å²) in [5.74, 6) is 0.192. The molecule has 0 saturated carbocycles. The summed E-state index contributed by atoms with van der Waals surface area (Å²) in [7, 11) is 0. The number of hydrogen-bond donors (Lipinski definition) is 1. The van der Waals surface area contributed by atoms with Gasteiger partial charge in [-0.1, -0.05) is 0 Å². The highest BCUT2D eigenvalue weighted by Gasteiger charge is 2.50. The monoisotopic (exact) mass is 290 g/mol. The van der Waals surface area contributed by atoms with E-state index in [1.165, 1.54) is 6.33 Å². The number of hydrogen-bond acceptors (Lipinski definition) is 5. The summed E-state index contributed by atoms with van der Waals surface area (Å²) >= 11 is 0. The molecular weight excluding hydrogens is 268 g/mol. The third kappa shape index (κ3) is 2.65. The first-order valence-corrected chi connectivity index (χ1v) is 7.65. The Kier molecular flexibility index (Phi) is 4.17. The van der Waals surface area contributed by atoms with Crippen LogP contribution in [0, 0.1) is 0 Å². The Labute approximate surface area is 124 Å². The van der Waals surface area contributed by atoms with Gasteiger partial charge in [0.05, 0.1) is 6.61 Å². The third-order valence-corrected chi connectivity index (χ3v) is 4.68. The van der Waals surface area contributed by atoms with Crippen molar-refractivity contribution in [2.45, 2.75) is 37.8 Å². The van der Waals surface area contributed by atoms with E-state index in [0.717, 1.165) is 50.9 Å². The molecule has 0 bridgehead atoms. The van der Waals surface area contributed by atoms with Crippen LogP contribution in [0.4, 0.5) is 0 Å². The molecule has 1 atom stereocenters. The van der Waals surface area contributed by atoms with Crippen molar-refractivity contribution < 1.29 is 9.90 Å². The zero-order valence-corrected chi connectivity index (χ0v) is 12.2. The van der Waals surface area contributed by atoms with Crippen molar-refractivity contribution in [3.05, 3.63) is 24.3 Å². The Morgan fingerprint density at radius 2 is 1.90 bits per heavy atom. The van der Waals surface area contributed by atoms with Gasteiger partial charge in [0.2, 0.25) is 5.91 Å². The molecule has 0 aliphatic carbocycles. The average molecular weight is 290 g/mol. The second kappa shape index (κ2) is 6.07. The van der Waals surface area contributed by atoms with Crippen molar-refractivity contribution in [2.75, 3.05) is 26.2 Å². The maximum absolute atomic E-state index is 12.9. The molecule has 2 saturated heterocycles. The zero-order chi connectivity index (χ0) is 14.7. The van der Waals surface area contributed by atoms with Crippen molar-refractivity contribution in [3.63, 3.8) is 0 Å². The Hall–Kier alpha value is -1.53. The van der Waals surface area contributed by atoms with Crippen LogP contribution in [0.15, 0.2) is 18.7 Å². The van der Waals surface area contributed by atoms with Crippen molar-refractivity contribution >= 4 is 5.91 Å². The van der Waals surface area contributed by atoms with Crippen LogP contribution in [0.25, 0.3) is 0 Å². The van der Waals surface area contributed by atoms with Gasteiger partial charge in [0.1, 0.15) is 11.9 Å². The van der Waals surface area contributed by atoms with Gasteiger partial charge in [-0.2, -0.15) is 0 Å². The maximum atomic E-state index is 12.9. The van der Waals surface area contributed by atoms with E-state index in [1.54, 1.807) is 0 Å². The first-order chi connectivity index (χ1) is 10.3. The molecular formula is C15H22N4O2. The highest BCUT2D eigenvalue weighted by atomic mass is 16.3. The predicted octanol–water partition coefficient (Wildman–Crippen LogP) is 0.426. The molecule has 3 rings (SSSR count). The van der Waals surface area contributed by atoms with E-state index >= 15 is 0 Å². The van der Waals surface area contributed by atoms with Crippen LogP contribution in [0.5, 0.6) is 0 Å². The summed E-state index contributed by atoms with van der Waals surface area (Å²) in [4.78, 5) is 25.1. The van der Waals surface area contributed by atoms with Gasteiger partial charge in [-0.05, 0) is 32.2 Å². The van der Waals surface area contributed by atoms with Crippen molar-refractivity contribution in [2.24, 2.45) is 0 Å². The lowest BCUT2D eigenvalue weighted by Crippen LogP contribution is -2.60. The molecule has 1 aromatic rings. The highest BCUT2D eigenvalue weighted by molar-refractivity contribution is 5.87. The molecule has 6 nitrogen and oxygen atoms in total. The smallest absolute Gasteiger partial charge is 0.243 e. The van der Waals surface area contributed by atoms with Crippen molar-refractivity contribution in [1.82, 2.24) is 19.8 Å². The van der Waals surface area contributed by atoms with Gasteiger partial charge in [-0.15, -0.1) is 0 Å². The number of β-amino-alcohol motifs (C(OH)–C–C–N with tert-alkyl or cyclic N) is 1. The fraction of sp³-hybridized carbons (Fsp3) is 0.667. The molecule has 0 aromatic carbocycles. The number of aromatic nitrogens is 2. The zero-order valence-electron chi connectivity index (χ0n) is 12.2. The number of carbonyl (C=O) groups is 1. The van der Waals surface area contributed by atoms with Gasteiger partial charge in [0, 0.05) is 37.6 Å². The van der Waals surface area contributed by atoms with Gasteiger partial charge in [0.15, 0.2) is 0 Å². The molecule has 2 fully saturated rings. The van der Waals surface area contributed by atoms with Crippen LogP contribution in [-0.2, 0) is 11.3 Å². The van der Waals surface area contributed by atoms with Crippen LogP contribution in [0.3, 0.4) is 0 Å². The lowest BCUT2D eigenvalue weighted by Gasteiger charge is -2.44. The average Bonchev–Trinajstić information content (AvgIpc) is 2.89. The number of rotatable bonds is 4. The number of aliphatic hydroxyl groups is 1. The molecule has 3 heterocycles. The second-order valence-electron chi connectivity index (χ2n) is 5.92. The number of carbonyl (C=O) groups excluding carboxylic acids is 1. The summed E-state index contributed by atoms with van der Waals surface area (Å²) in [5.41, 5.74) is 0.675. The Balaban J connectivity index is 1.79. The molecule has 0 radical (unpaired) electrons. The van der Waals surface area contributed by atoms with E-state index in [1.807, 2.05) is 17.3 Å². The quantitative estimate of drug-likeness (QED) is 0.870. The molecule has 6 heteroatoms. The molecule has 2 aliphatic rings. The van der Waals surface area contributed by atoms with Gasteiger partial charge >= 0.3 is 0 Å². The second-order valence-corrected chi connectivity index (χ2v) is 5.92. The van der Waals surface area contributed by atoms with Crippen LogP contribution in [0.2, 0.25) is 0 Å². The molecule has 2 aliphatic heterocycles. The summed E-state index contributed by atoms with van der Waals surface area (Å²) in [5, 5.41) is 9.14. The van der Waals surface area contributed by atoms with Crippen LogP contribution < -0.4 is 0 Å². The summed E-state index contributed by atoms with van der Waals surface area (Å²) in [6.07, 6.45) is 9.05. The Morgan fingerprint density at radius 1 is 1.19 bits per heavy atom. The number of piperidine rings is 1. The van der Waals surface area contributed by atoms with Crippen molar-refractivity contribution in [3.8, 4) is 0 Å². The standard InChI is InChI=1S/C15H22N4O2/c20-8-7-18-5-1-3-15(14(18)21)4-2-6-19(15)11-13-9-16-12-17-10-13/h9-10,12,20H,1-8,11H2. The molecule has 1 amide bonds. The largest absolute Gasteiger partial charge is 0.395 e. The van der Waals surface area contributed by atoms with E-state index in [2.05, 4.69) is 14.9 Å². The molecule has 114 valence electrons. The third-order valence-electron chi connectivity index (χ3n) is 4.68. The van der Waals surface area contributed by atoms with Gasteiger partial charge in [0.25, 0.3) is 0 Å². The fourth-order valence-electron chi connectivity index (χ4n) is 3.72. The molecule has 1 N–H and O–H groups in total.